The molecule has 1 rings (SSSR count). The van der Waals surface area contributed by atoms with Crippen molar-refractivity contribution in [1.29, 1.82) is 0 Å². The second-order valence-corrected chi connectivity index (χ2v) is 4.56. The summed E-state index contributed by atoms with van der Waals surface area (Å²) in [5.41, 5.74) is 1.14. The topological polar surface area (TPSA) is 32.7 Å². The van der Waals surface area contributed by atoms with Gasteiger partial charge < -0.3 is 14.7 Å². The molecular formula is C15H24FNO2. The van der Waals surface area contributed by atoms with E-state index in [1.54, 1.807) is 19.2 Å². The molecule has 0 atom stereocenters. The maximum atomic E-state index is 14.2. The van der Waals surface area contributed by atoms with Crippen LogP contribution in [0.2, 0.25) is 0 Å². The third kappa shape index (κ3) is 3.91. The first-order chi connectivity index (χ1) is 9.19. The molecule has 1 aromatic carbocycles. The highest BCUT2D eigenvalue weighted by molar-refractivity contribution is 5.55. The lowest BCUT2D eigenvalue weighted by atomic mass is 10.1. The van der Waals surface area contributed by atoms with Crippen LogP contribution in [0.15, 0.2) is 18.2 Å². The first-order valence-electron chi connectivity index (χ1n) is 6.83. The van der Waals surface area contributed by atoms with Crippen molar-refractivity contribution in [3.8, 4) is 0 Å². The second-order valence-electron chi connectivity index (χ2n) is 4.56. The standard InChI is InChI=1S/C15H24FNO2/c1-4-13(5-2)17(9-10-19-3)15-12(11-18)7-6-8-14(15)16/h6-8,13,18H,4-5,9-11H2,1-3H3. The molecule has 0 fully saturated rings. The van der Waals surface area contributed by atoms with Crippen molar-refractivity contribution in [3.05, 3.63) is 29.6 Å². The highest BCUT2D eigenvalue weighted by Crippen LogP contribution is 2.28. The van der Waals surface area contributed by atoms with Crippen LogP contribution in [0.5, 0.6) is 0 Å². The number of hydrogen-bond donors (Lipinski definition) is 1. The minimum atomic E-state index is -0.283. The van der Waals surface area contributed by atoms with Gasteiger partial charge in [-0.25, -0.2) is 4.39 Å². The summed E-state index contributed by atoms with van der Waals surface area (Å²) >= 11 is 0. The van der Waals surface area contributed by atoms with Gasteiger partial charge in [0.05, 0.1) is 18.9 Å². The van der Waals surface area contributed by atoms with E-state index in [0.29, 0.717) is 24.4 Å². The molecule has 1 aromatic rings. The molecule has 0 aliphatic heterocycles. The van der Waals surface area contributed by atoms with Gasteiger partial charge in [-0.15, -0.1) is 0 Å². The van der Waals surface area contributed by atoms with Crippen molar-refractivity contribution in [2.75, 3.05) is 25.2 Å². The summed E-state index contributed by atoms with van der Waals surface area (Å²) in [5.74, 6) is -0.283. The Labute approximate surface area is 115 Å². The van der Waals surface area contributed by atoms with Gasteiger partial charge in [0.2, 0.25) is 0 Å². The SMILES string of the molecule is CCC(CC)N(CCOC)c1c(F)cccc1CO. The molecule has 0 spiro atoms. The van der Waals surface area contributed by atoms with Crippen LogP contribution in [-0.4, -0.2) is 31.4 Å². The average Bonchev–Trinajstić information content (AvgIpc) is 2.43. The lowest BCUT2D eigenvalue weighted by molar-refractivity contribution is 0.202. The summed E-state index contributed by atoms with van der Waals surface area (Å²) < 4.78 is 19.3. The Hall–Kier alpha value is -1.13. The minimum absolute atomic E-state index is 0.156. The number of para-hydroxylation sites is 1. The molecule has 108 valence electrons. The third-order valence-corrected chi connectivity index (χ3v) is 3.45. The molecule has 19 heavy (non-hydrogen) atoms. The Morgan fingerprint density at radius 2 is 2.00 bits per heavy atom. The maximum Gasteiger partial charge on any atom is 0.146 e. The minimum Gasteiger partial charge on any atom is -0.392 e. The van der Waals surface area contributed by atoms with Gasteiger partial charge in [-0.1, -0.05) is 26.0 Å². The molecule has 0 heterocycles. The van der Waals surface area contributed by atoms with Crippen LogP contribution in [0.4, 0.5) is 10.1 Å². The van der Waals surface area contributed by atoms with Crippen LogP contribution in [0.1, 0.15) is 32.3 Å². The fraction of sp³-hybridized carbons (Fsp3) is 0.600. The zero-order valence-electron chi connectivity index (χ0n) is 12.0. The molecule has 0 saturated heterocycles. The van der Waals surface area contributed by atoms with Crippen molar-refractivity contribution < 1.29 is 14.2 Å². The van der Waals surface area contributed by atoms with Gasteiger partial charge in [-0.05, 0) is 18.9 Å². The smallest absolute Gasteiger partial charge is 0.146 e. The van der Waals surface area contributed by atoms with Crippen LogP contribution < -0.4 is 4.90 Å². The van der Waals surface area contributed by atoms with Gasteiger partial charge in [0, 0.05) is 25.3 Å². The number of aliphatic hydroxyl groups is 1. The van der Waals surface area contributed by atoms with Crippen molar-refractivity contribution >= 4 is 5.69 Å². The van der Waals surface area contributed by atoms with E-state index >= 15 is 0 Å². The summed E-state index contributed by atoms with van der Waals surface area (Å²) in [7, 11) is 1.64. The fourth-order valence-corrected chi connectivity index (χ4v) is 2.41. The summed E-state index contributed by atoms with van der Waals surface area (Å²) in [6.07, 6.45) is 1.86. The van der Waals surface area contributed by atoms with E-state index in [4.69, 9.17) is 4.74 Å². The number of rotatable bonds is 8. The van der Waals surface area contributed by atoms with E-state index in [2.05, 4.69) is 13.8 Å². The Bertz CT molecular complexity index is 380. The van der Waals surface area contributed by atoms with Crippen molar-refractivity contribution in [2.24, 2.45) is 0 Å². The number of nitrogens with zero attached hydrogens (tertiary/aromatic N) is 1. The normalized spacial score (nSPS) is 11.1. The van der Waals surface area contributed by atoms with Crippen LogP contribution in [0.3, 0.4) is 0 Å². The molecule has 0 saturated carbocycles. The van der Waals surface area contributed by atoms with Gasteiger partial charge in [0.1, 0.15) is 5.82 Å². The molecule has 0 amide bonds. The summed E-state index contributed by atoms with van der Waals surface area (Å²) in [5, 5.41) is 9.42. The zero-order valence-corrected chi connectivity index (χ0v) is 12.0. The molecule has 0 radical (unpaired) electrons. The van der Waals surface area contributed by atoms with E-state index in [-0.39, 0.29) is 18.5 Å². The first kappa shape index (κ1) is 15.9. The number of anilines is 1. The molecular weight excluding hydrogens is 245 g/mol. The van der Waals surface area contributed by atoms with Crippen LogP contribution in [0, 0.1) is 5.82 Å². The van der Waals surface area contributed by atoms with Crippen LogP contribution in [-0.2, 0) is 11.3 Å². The Balaban J connectivity index is 3.15. The molecule has 0 unspecified atom stereocenters. The maximum absolute atomic E-state index is 14.2. The fourth-order valence-electron chi connectivity index (χ4n) is 2.41. The lowest BCUT2D eigenvalue weighted by Crippen LogP contribution is -2.38. The third-order valence-electron chi connectivity index (χ3n) is 3.45. The first-order valence-corrected chi connectivity index (χ1v) is 6.83. The molecule has 0 aliphatic carbocycles. The van der Waals surface area contributed by atoms with Crippen LogP contribution in [0.25, 0.3) is 0 Å². The Morgan fingerprint density at radius 1 is 1.32 bits per heavy atom. The molecule has 4 heteroatoms. The molecule has 3 nitrogen and oxygen atoms in total. The van der Waals surface area contributed by atoms with Crippen molar-refractivity contribution in [3.63, 3.8) is 0 Å². The van der Waals surface area contributed by atoms with E-state index < -0.39 is 0 Å². The van der Waals surface area contributed by atoms with Gasteiger partial charge in [0.25, 0.3) is 0 Å². The van der Waals surface area contributed by atoms with Gasteiger partial charge in [-0.2, -0.15) is 0 Å². The Kier molecular flexibility index (Phi) is 6.81. The van der Waals surface area contributed by atoms with Gasteiger partial charge >= 0.3 is 0 Å². The quantitative estimate of drug-likeness (QED) is 0.787. The van der Waals surface area contributed by atoms with Crippen LogP contribution >= 0.6 is 0 Å². The number of aliphatic hydroxyl groups excluding tert-OH is 1. The number of hydrogen-bond acceptors (Lipinski definition) is 3. The summed E-state index contributed by atoms with van der Waals surface area (Å²) in [6, 6.07) is 5.08. The van der Waals surface area contributed by atoms with E-state index in [9.17, 15) is 9.50 Å². The monoisotopic (exact) mass is 269 g/mol. The molecule has 0 aliphatic rings. The average molecular weight is 269 g/mol. The predicted octanol–water partition coefficient (Wildman–Crippen LogP) is 2.96. The van der Waals surface area contributed by atoms with E-state index in [1.165, 1.54) is 6.07 Å². The number of methoxy groups -OCH3 is 1. The number of benzene rings is 1. The van der Waals surface area contributed by atoms with E-state index in [0.717, 1.165) is 12.8 Å². The highest BCUT2D eigenvalue weighted by Gasteiger charge is 2.21. The van der Waals surface area contributed by atoms with E-state index in [1.807, 2.05) is 4.90 Å². The highest BCUT2D eigenvalue weighted by atomic mass is 19.1. The molecule has 0 bridgehead atoms. The Morgan fingerprint density at radius 3 is 2.53 bits per heavy atom. The predicted molar refractivity (Wildman–Crippen MR) is 75.9 cm³/mol. The second kappa shape index (κ2) is 8.12. The van der Waals surface area contributed by atoms with Gasteiger partial charge in [0.15, 0.2) is 0 Å². The lowest BCUT2D eigenvalue weighted by Gasteiger charge is -2.34. The van der Waals surface area contributed by atoms with Crippen molar-refractivity contribution in [1.82, 2.24) is 0 Å². The zero-order chi connectivity index (χ0) is 14.3. The van der Waals surface area contributed by atoms with Crippen molar-refractivity contribution in [2.45, 2.75) is 39.3 Å². The van der Waals surface area contributed by atoms with Gasteiger partial charge in [-0.3, -0.25) is 0 Å². The largest absolute Gasteiger partial charge is 0.392 e. The number of halogens is 1. The number of ether oxygens (including phenoxy) is 1. The summed E-state index contributed by atoms with van der Waals surface area (Å²) in [4.78, 5) is 2.02. The molecule has 1 N–H and O–H groups in total. The molecule has 0 aromatic heterocycles. The summed E-state index contributed by atoms with van der Waals surface area (Å²) in [6.45, 7) is 5.18.